The second-order valence-corrected chi connectivity index (χ2v) is 6.24. The Hall–Kier alpha value is -1.11. The highest BCUT2D eigenvalue weighted by Crippen LogP contribution is 2.21. The third kappa shape index (κ3) is 3.68. The first kappa shape index (κ1) is 14.3. The van der Waals surface area contributed by atoms with E-state index in [0.29, 0.717) is 30.3 Å². The number of benzene rings is 1. The molecule has 0 aliphatic carbocycles. The average Bonchev–Trinajstić information content (AvgIpc) is 2.40. The molecule has 106 valence electrons. The minimum Gasteiger partial charge on any atom is -0.384 e. The predicted molar refractivity (Wildman–Crippen MR) is 74.8 cm³/mol. The van der Waals surface area contributed by atoms with E-state index in [1.807, 2.05) is 13.0 Å². The van der Waals surface area contributed by atoms with Gasteiger partial charge in [0.2, 0.25) is 10.0 Å². The maximum atomic E-state index is 12.4. The molecule has 1 heterocycles. The monoisotopic (exact) mass is 284 g/mol. The molecule has 1 fully saturated rings. The fourth-order valence-electron chi connectivity index (χ4n) is 2.15. The number of para-hydroxylation sites is 1. The zero-order valence-corrected chi connectivity index (χ0v) is 11.9. The molecule has 6 heteroatoms. The molecule has 0 saturated carbocycles. The summed E-state index contributed by atoms with van der Waals surface area (Å²) in [6.45, 7) is 3.78. The van der Waals surface area contributed by atoms with Crippen LogP contribution in [0.4, 0.5) is 5.69 Å². The number of hydrogen-bond donors (Lipinski definition) is 2. The van der Waals surface area contributed by atoms with Crippen molar-refractivity contribution in [2.24, 2.45) is 0 Å². The summed E-state index contributed by atoms with van der Waals surface area (Å²) in [5.74, 6) is 0. The van der Waals surface area contributed by atoms with Crippen LogP contribution < -0.4 is 10.0 Å². The molecule has 0 bridgehead atoms. The van der Waals surface area contributed by atoms with Gasteiger partial charge in [-0.3, -0.25) is 0 Å². The smallest absolute Gasteiger partial charge is 0.242 e. The van der Waals surface area contributed by atoms with Gasteiger partial charge >= 0.3 is 0 Å². The molecule has 1 aromatic carbocycles. The average molecular weight is 284 g/mol. The van der Waals surface area contributed by atoms with Crippen LogP contribution in [-0.2, 0) is 14.8 Å². The molecular weight excluding hydrogens is 264 g/mol. The highest BCUT2D eigenvalue weighted by atomic mass is 32.2. The van der Waals surface area contributed by atoms with Crippen molar-refractivity contribution in [3.63, 3.8) is 0 Å². The molecule has 5 nitrogen and oxygen atoms in total. The number of nitrogens with one attached hydrogen (secondary N) is 2. The van der Waals surface area contributed by atoms with E-state index in [0.717, 1.165) is 12.8 Å². The first-order valence-corrected chi connectivity index (χ1v) is 8.05. The SMILES string of the molecule is CCNc1ccccc1S(=O)(=O)NC1CCCOC1. The normalized spacial score (nSPS) is 20.2. The first-order valence-electron chi connectivity index (χ1n) is 6.56. The quantitative estimate of drug-likeness (QED) is 0.861. The molecule has 1 saturated heterocycles. The first-order chi connectivity index (χ1) is 9.13. The molecule has 0 spiro atoms. The van der Waals surface area contributed by atoms with Gasteiger partial charge in [-0.25, -0.2) is 13.1 Å². The van der Waals surface area contributed by atoms with Gasteiger partial charge in [-0.05, 0) is 31.9 Å². The van der Waals surface area contributed by atoms with E-state index < -0.39 is 10.0 Å². The van der Waals surface area contributed by atoms with Crippen LogP contribution in [0.15, 0.2) is 29.2 Å². The van der Waals surface area contributed by atoms with Crippen LogP contribution in [0, 0.1) is 0 Å². The zero-order valence-electron chi connectivity index (χ0n) is 11.1. The fourth-order valence-corrected chi connectivity index (χ4v) is 3.59. The maximum absolute atomic E-state index is 12.4. The summed E-state index contributed by atoms with van der Waals surface area (Å²) in [7, 11) is -3.51. The number of sulfonamides is 1. The van der Waals surface area contributed by atoms with E-state index in [-0.39, 0.29) is 6.04 Å². The Bertz CT molecular complexity index is 510. The van der Waals surface area contributed by atoms with E-state index in [9.17, 15) is 8.42 Å². The van der Waals surface area contributed by atoms with Crippen molar-refractivity contribution in [3.8, 4) is 0 Å². The van der Waals surface area contributed by atoms with Gasteiger partial charge in [-0.1, -0.05) is 12.1 Å². The molecule has 1 atom stereocenters. The molecule has 1 aliphatic rings. The van der Waals surface area contributed by atoms with E-state index >= 15 is 0 Å². The Morgan fingerprint density at radius 1 is 1.37 bits per heavy atom. The van der Waals surface area contributed by atoms with Gasteiger partial charge in [-0.2, -0.15) is 0 Å². The Kier molecular flexibility index (Phi) is 4.79. The lowest BCUT2D eigenvalue weighted by atomic mass is 10.1. The molecule has 19 heavy (non-hydrogen) atoms. The van der Waals surface area contributed by atoms with Gasteiger partial charge in [-0.15, -0.1) is 0 Å². The molecule has 0 aromatic heterocycles. The largest absolute Gasteiger partial charge is 0.384 e. The number of ether oxygens (including phenoxy) is 1. The minimum absolute atomic E-state index is 0.131. The Labute approximate surface area is 114 Å². The highest BCUT2D eigenvalue weighted by Gasteiger charge is 2.24. The van der Waals surface area contributed by atoms with Crippen molar-refractivity contribution in [2.45, 2.75) is 30.7 Å². The van der Waals surface area contributed by atoms with Gasteiger partial charge in [0.05, 0.1) is 12.3 Å². The molecule has 1 aromatic rings. The molecule has 2 rings (SSSR count). The van der Waals surface area contributed by atoms with Crippen LogP contribution in [-0.4, -0.2) is 34.2 Å². The third-order valence-corrected chi connectivity index (χ3v) is 4.60. The van der Waals surface area contributed by atoms with Gasteiger partial charge in [0.25, 0.3) is 0 Å². The van der Waals surface area contributed by atoms with Gasteiger partial charge in [0.15, 0.2) is 0 Å². The second-order valence-electron chi connectivity index (χ2n) is 4.56. The minimum atomic E-state index is -3.51. The van der Waals surface area contributed by atoms with Gasteiger partial charge in [0.1, 0.15) is 4.90 Å². The van der Waals surface area contributed by atoms with Crippen LogP contribution in [0.1, 0.15) is 19.8 Å². The summed E-state index contributed by atoms with van der Waals surface area (Å²) >= 11 is 0. The highest BCUT2D eigenvalue weighted by molar-refractivity contribution is 7.89. The van der Waals surface area contributed by atoms with Crippen molar-refractivity contribution >= 4 is 15.7 Å². The van der Waals surface area contributed by atoms with Crippen molar-refractivity contribution < 1.29 is 13.2 Å². The molecule has 1 aliphatic heterocycles. The fraction of sp³-hybridized carbons (Fsp3) is 0.538. The van der Waals surface area contributed by atoms with E-state index in [1.165, 1.54) is 0 Å². The summed E-state index contributed by atoms with van der Waals surface area (Å²) in [6, 6.07) is 6.81. The summed E-state index contributed by atoms with van der Waals surface area (Å²) in [5.41, 5.74) is 0.634. The van der Waals surface area contributed by atoms with Crippen molar-refractivity contribution in [3.05, 3.63) is 24.3 Å². The van der Waals surface area contributed by atoms with E-state index in [2.05, 4.69) is 10.0 Å². The molecule has 1 unspecified atom stereocenters. The summed E-state index contributed by atoms with van der Waals surface area (Å²) < 4.78 is 32.8. The van der Waals surface area contributed by atoms with Crippen LogP contribution >= 0.6 is 0 Å². The summed E-state index contributed by atoms with van der Waals surface area (Å²) in [4.78, 5) is 0.294. The molecular formula is C13H20N2O3S. The van der Waals surface area contributed by atoms with Gasteiger partial charge < -0.3 is 10.1 Å². The standard InChI is InChI=1S/C13H20N2O3S/c1-2-14-12-7-3-4-8-13(12)19(16,17)15-11-6-5-9-18-10-11/h3-4,7-8,11,14-15H,2,5-6,9-10H2,1H3. The van der Waals surface area contributed by atoms with E-state index in [4.69, 9.17) is 4.74 Å². The summed E-state index contributed by atoms with van der Waals surface area (Å²) in [5, 5.41) is 3.07. The lowest BCUT2D eigenvalue weighted by molar-refractivity contribution is 0.0774. The Balaban J connectivity index is 2.18. The summed E-state index contributed by atoms with van der Waals surface area (Å²) in [6.07, 6.45) is 1.71. The van der Waals surface area contributed by atoms with Crippen LogP contribution in [0.2, 0.25) is 0 Å². The number of rotatable bonds is 5. The Morgan fingerprint density at radius 2 is 2.16 bits per heavy atom. The zero-order chi connectivity index (χ0) is 13.7. The molecule has 0 amide bonds. The van der Waals surface area contributed by atoms with Gasteiger partial charge in [0, 0.05) is 19.2 Å². The van der Waals surface area contributed by atoms with Crippen LogP contribution in [0.25, 0.3) is 0 Å². The maximum Gasteiger partial charge on any atom is 0.242 e. The number of hydrogen-bond acceptors (Lipinski definition) is 4. The molecule has 0 radical (unpaired) electrons. The van der Waals surface area contributed by atoms with Crippen molar-refractivity contribution in [2.75, 3.05) is 25.1 Å². The predicted octanol–water partition coefficient (Wildman–Crippen LogP) is 1.58. The number of anilines is 1. The third-order valence-electron chi connectivity index (χ3n) is 3.03. The van der Waals surface area contributed by atoms with Crippen molar-refractivity contribution in [1.82, 2.24) is 4.72 Å². The van der Waals surface area contributed by atoms with E-state index in [1.54, 1.807) is 18.2 Å². The lowest BCUT2D eigenvalue weighted by Crippen LogP contribution is -2.40. The Morgan fingerprint density at radius 3 is 2.84 bits per heavy atom. The van der Waals surface area contributed by atoms with Crippen LogP contribution in [0.5, 0.6) is 0 Å². The lowest BCUT2D eigenvalue weighted by Gasteiger charge is -2.23. The second kappa shape index (κ2) is 6.36. The topological polar surface area (TPSA) is 67.4 Å². The van der Waals surface area contributed by atoms with Crippen molar-refractivity contribution in [1.29, 1.82) is 0 Å². The molecule has 2 N–H and O–H groups in total. The van der Waals surface area contributed by atoms with Crippen LogP contribution in [0.3, 0.4) is 0 Å².